The molecule has 32 heavy (non-hydrogen) atoms. The Balaban J connectivity index is 1.28. The first-order valence-corrected chi connectivity index (χ1v) is 10.4. The SMILES string of the molecule is Nc1nccc2cc(CNC(=O)c3ccnc(Cc4ccc5ncccc5c4)c3)ccc12. The van der Waals surface area contributed by atoms with Crippen molar-refractivity contribution >= 4 is 33.4 Å². The van der Waals surface area contributed by atoms with Gasteiger partial charge in [-0.25, -0.2) is 4.98 Å². The number of benzene rings is 2. The van der Waals surface area contributed by atoms with Gasteiger partial charge in [-0.15, -0.1) is 0 Å². The summed E-state index contributed by atoms with van der Waals surface area (Å²) in [6.07, 6.45) is 5.80. The standard InChI is InChI=1S/C26H21N5O/c27-25-23-5-3-18(13-19(23)7-11-30-25)16-31-26(32)21-8-10-28-22(15-21)14-17-4-6-24-20(12-17)2-1-9-29-24/h1-13,15H,14,16H2,(H2,27,30)(H,31,32). The van der Waals surface area contributed by atoms with Crippen molar-refractivity contribution in [3.63, 3.8) is 0 Å². The third kappa shape index (κ3) is 4.11. The Morgan fingerprint density at radius 3 is 2.59 bits per heavy atom. The molecule has 2 aromatic carbocycles. The van der Waals surface area contributed by atoms with Gasteiger partial charge in [-0.05, 0) is 59.0 Å². The average Bonchev–Trinajstić information content (AvgIpc) is 2.83. The predicted molar refractivity (Wildman–Crippen MR) is 126 cm³/mol. The maximum Gasteiger partial charge on any atom is 0.251 e. The molecule has 3 N–H and O–H groups in total. The molecular weight excluding hydrogens is 398 g/mol. The van der Waals surface area contributed by atoms with Gasteiger partial charge in [0.15, 0.2) is 0 Å². The predicted octanol–water partition coefficient (Wildman–Crippen LogP) is 4.28. The number of pyridine rings is 3. The Morgan fingerprint density at radius 1 is 0.812 bits per heavy atom. The van der Waals surface area contributed by atoms with Gasteiger partial charge in [-0.1, -0.05) is 24.3 Å². The van der Waals surface area contributed by atoms with E-state index in [1.165, 1.54) is 0 Å². The van der Waals surface area contributed by atoms with Crippen LogP contribution in [0.2, 0.25) is 0 Å². The lowest BCUT2D eigenvalue weighted by atomic mass is 10.0. The molecule has 0 radical (unpaired) electrons. The Hall–Kier alpha value is -4.32. The molecule has 1 amide bonds. The van der Waals surface area contributed by atoms with E-state index >= 15 is 0 Å². The highest BCUT2D eigenvalue weighted by atomic mass is 16.1. The van der Waals surface area contributed by atoms with E-state index in [9.17, 15) is 4.79 Å². The summed E-state index contributed by atoms with van der Waals surface area (Å²) >= 11 is 0. The van der Waals surface area contributed by atoms with Gasteiger partial charge in [0.2, 0.25) is 0 Å². The number of nitrogen functional groups attached to an aromatic ring is 1. The first-order chi connectivity index (χ1) is 15.7. The normalized spacial score (nSPS) is 11.0. The molecule has 0 saturated carbocycles. The van der Waals surface area contributed by atoms with Gasteiger partial charge < -0.3 is 11.1 Å². The van der Waals surface area contributed by atoms with Crippen molar-refractivity contribution in [3.8, 4) is 0 Å². The second-order valence-electron chi connectivity index (χ2n) is 7.68. The Labute approximate surface area is 185 Å². The molecule has 0 saturated heterocycles. The third-order valence-electron chi connectivity index (χ3n) is 5.44. The van der Waals surface area contributed by atoms with Gasteiger partial charge in [-0.2, -0.15) is 0 Å². The molecule has 0 aliphatic heterocycles. The number of anilines is 1. The zero-order chi connectivity index (χ0) is 21.9. The summed E-state index contributed by atoms with van der Waals surface area (Å²) in [7, 11) is 0. The van der Waals surface area contributed by atoms with E-state index in [2.05, 4.69) is 26.3 Å². The molecule has 156 valence electrons. The minimum absolute atomic E-state index is 0.134. The quantitative estimate of drug-likeness (QED) is 0.443. The van der Waals surface area contributed by atoms with Crippen molar-refractivity contribution in [3.05, 3.63) is 108 Å². The molecule has 0 spiro atoms. The monoisotopic (exact) mass is 419 g/mol. The van der Waals surface area contributed by atoms with Gasteiger partial charge in [0.1, 0.15) is 5.82 Å². The molecule has 0 aliphatic rings. The number of hydrogen-bond donors (Lipinski definition) is 2. The fourth-order valence-corrected chi connectivity index (χ4v) is 3.81. The highest BCUT2D eigenvalue weighted by Crippen LogP contribution is 2.20. The van der Waals surface area contributed by atoms with Crippen LogP contribution < -0.4 is 11.1 Å². The number of amides is 1. The molecule has 0 aliphatic carbocycles. The molecule has 5 aromatic rings. The lowest BCUT2D eigenvalue weighted by molar-refractivity contribution is 0.0950. The molecule has 0 unspecified atom stereocenters. The zero-order valence-electron chi connectivity index (χ0n) is 17.3. The van der Waals surface area contributed by atoms with Crippen LogP contribution in [0.3, 0.4) is 0 Å². The van der Waals surface area contributed by atoms with Crippen molar-refractivity contribution < 1.29 is 4.79 Å². The van der Waals surface area contributed by atoms with Crippen LogP contribution >= 0.6 is 0 Å². The number of fused-ring (bicyclic) bond motifs is 2. The molecule has 6 nitrogen and oxygen atoms in total. The molecular formula is C26H21N5O. The minimum atomic E-state index is -0.134. The van der Waals surface area contributed by atoms with E-state index in [0.717, 1.165) is 38.5 Å². The largest absolute Gasteiger partial charge is 0.383 e. The number of nitrogens with one attached hydrogen (secondary N) is 1. The van der Waals surface area contributed by atoms with Gasteiger partial charge in [0.25, 0.3) is 5.91 Å². The Morgan fingerprint density at radius 2 is 1.66 bits per heavy atom. The first-order valence-electron chi connectivity index (χ1n) is 10.4. The number of aromatic nitrogens is 3. The second kappa shape index (κ2) is 8.43. The summed E-state index contributed by atoms with van der Waals surface area (Å²) in [5, 5.41) is 5.99. The van der Waals surface area contributed by atoms with Crippen molar-refractivity contribution in [2.75, 3.05) is 5.73 Å². The smallest absolute Gasteiger partial charge is 0.251 e. The fraction of sp³-hybridized carbons (Fsp3) is 0.0769. The van der Waals surface area contributed by atoms with Gasteiger partial charge >= 0.3 is 0 Å². The number of nitrogens with two attached hydrogens (primary N) is 1. The summed E-state index contributed by atoms with van der Waals surface area (Å²) < 4.78 is 0. The van der Waals surface area contributed by atoms with Crippen LogP contribution in [0.25, 0.3) is 21.7 Å². The summed E-state index contributed by atoms with van der Waals surface area (Å²) in [6, 6.07) is 21.5. The summed E-state index contributed by atoms with van der Waals surface area (Å²) in [5.74, 6) is 0.371. The number of nitrogens with zero attached hydrogens (tertiary/aromatic N) is 3. The lowest BCUT2D eigenvalue weighted by Gasteiger charge is -2.09. The van der Waals surface area contributed by atoms with Crippen LogP contribution in [0.4, 0.5) is 5.82 Å². The van der Waals surface area contributed by atoms with Crippen LogP contribution in [0.5, 0.6) is 0 Å². The van der Waals surface area contributed by atoms with Crippen molar-refractivity contribution in [2.45, 2.75) is 13.0 Å². The van der Waals surface area contributed by atoms with E-state index in [0.29, 0.717) is 24.3 Å². The lowest BCUT2D eigenvalue weighted by Crippen LogP contribution is -2.23. The molecule has 0 bridgehead atoms. The molecule has 0 fully saturated rings. The Bertz CT molecular complexity index is 1450. The maximum atomic E-state index is 12.7. The number of carbonyl (C=O) groups excluding carboxylic acids is 1. The third-order valence-corrected chi connectivity index (χ3v) is 5.44. The van der Waals surface area contributed by atoms with Gasteiger partial charge in [-0.3, -0.25) is 14.8 Å². The topological polar surface area (TPSA) is 93.8 Å². The molecule has 3 aromatic heterocycles. The highest BCUT2D eigenvalue weighted by molar-refractivity contribution is 5.94. The number of hydrogen-bond acceptors (Lipinski definition) is 5. The van der Waals surface area contributed by atoms with Crippen LogP contribution in [-0.4, -0.2) is 20.9 Å². The van der Waals surface area contributed by atoms with Crippen molar-refractivity contribution in [1.82, 2.24) is 20.3 Å². The minimum Gasteiger partial charge on any atom is -0.383 e. The summed E-state index contributed by atoms with van der Waals surface area (Å²) in [4.78, 5) is 25.6. The molecule has 5 rings (SSSR count). The molecule has 6 heteroatoms. The first kappa shape index (κ1) is 19.6. The van der Waals surface area contributed by atoms with Gasteiger partial charge in [0.05, 0.1) is 5.52 Å². The van der Waals surface area contributed by atoms with E-state index in [-0.39, 0.29) is 5.91 Å². The van der Waals surface area contributed by atoms with Crippen LogP contribution in [0.1, 0.15) is 27.2 Å². The maximum absolute atomic E-state index is 12.7. The van der Waals surface area contributed by atoms with E-state index < -0.39 is 0 Å². The van der Waals surface area contributed by atoms with Crippen LogP contribution in [-0.2, 0) is 13.0 Å². The van der Waals surface area contributed by atoms with E-state index in [1.54, 1.807) is 24.7 Å². The van der Waals surface area contributed by atoms with E-state index in [1.807, 2.05) is 54.6 Å². The zero-order valence-corrected chi connectivity index (χ0v) is 17.3. The average molecular weight is 419 g/mol. The number of carbonyl (C=O) groups is 1. The summed E-state index contributed by atoms with van der Waals surface area (Å²) in [6.45, 7) is 0.423. The Kier molecular flexibility index (Phi) is 5.17. The second-order valence-corrected chi connectivity index (χ2v) is 7.68. The van der Waals surface area contributed by atoms with E-state index in [4.69, 9.17) is 5.73 Å². The van der Waals surface area contributed by atoms with Crippen LogP contribution in [0, 0.1) is 0 Å². The van der Waals surface area contributed by atoms with Crippen molar-refractivity contribution in [2.24, 2.45) is 0 Å². The van der Waals surface area contributed by atoms with Crippen molar-refractivity contribution in [1.29, 1.82) is 0 Å². The molecule has 0 atom stereocenters. The fourth-order valence-electron chi connectivity index (χ4n) is 3.81. The summed E-state index contributed by atoms with van der Waals surface area (Å²) in [5.41, 5.74) is 10.4. The van der Waals surface area contributed by atoms with Gasteiger partial charge in [0, 0.05) is 53.6 Å². The highest BCUT2D eigenvalue weighted by Gasteiger charge is 2.09. The van der Waals surface area contributed by atoms with Crippen LogP contribution in [0.15, 0.2) is 85.3 Å². The molecule has 3 heterocycles. The number of rotatable bonds is 5.